The molecule has 0 aliphatic carbocycles. The molecule has 3 aromatic rings. The van der Waals surface area contributed by atoms with Crippen molar-refractivity contribution in [2.75, 3.05) is 13.7 Å². The minimum atomic E-state index is -0.565. The van der Waals surface area contributed by atoms with E-state index < -0.39 is 5.60 Å². The molecule has 0 spiro atoms. The lowest BCUT2D eigenvalue weighted by Gasteiger charge is -2.18. The minimum absolute atomic E-state index is 0.0918. The summed E-state index contributed by atoms with van der Waals surface area (Å²) in [6.07, 6.45) is -0.417. The summed E-state index contributed by atoms with van der Waals surface area (Å²) in [4.78, 5) is 4.89. The lowest BCUT2D eigenvalue weighted by molar-refractivity contribution is 0.118. The fourth-order valence-electron chi connectivity index (χ4n) is 4.18. The van der Waals surface area contributed by atoms with Crippen molar-refractivity contribution in [1.29, 1.82) is 0 Å². The maximum absolute atomic E-state index is 6.38. The Morgan fingerprint density at radius 3 is 1.93 bits per heavy atom. The molecule has 4 heteroatoms. The van der Waals surface area contributed by atoms with E-state index in [1.165, 1.54) is 0 Å². The molecule has 4 nitrogen and oxygen atoms in total. The molecular formula is C25H23NO3. The number of nitrogens with zero attached hydrogens (tertiary/aromatic N) is 1. The van der Waals surface area contributed by atoms with Gasteiger partial charge in [0.2, 0.25) is 5.90 Å². The normalized spacial score (nSPS) is 24.6. The van der Waals surface area contributed by atoms with E-state index >= 15 is 0 Å². The Balaban J connectivity index is 1.50. The summed E-state index contributed by atoms with van der Waals surface area (Å²) >= 11 is 0. The molecule has 5 rings (SSSR count). The van der Waals surface area contributed by atoms with Gasteiger partial charge in [-0.25, -0.2) is 4.99 Å². The van der Waals surface area contributed by atoms with Crippen LogP contribution in [0.2, 0.25) is 0 Å². The fraction of sp³-hybridized carbons (Fsp3) is 0.240. The predicted octanol–water partition coefficient (Wildman–Crippen LogP) is 4.51. The summed E-state index contributed by atoms with van der Waals surface area (Å²) in [5.41, 5.74) is 2.74. The number of hydrogen-bond donors (Lipinski definition) is 0. The third kappa shape index (κ3) is 3.15. The Labute approximate surface area is 170 Å². The van der Waals surface area contributed by atoms with Crippen molar-refractivity contribution in [2.45, 2.75) is 23.9 Å². The summed E-state index contributed by atoms with van der Waals surface area (Å²) in [6, 6.07) is 30.7. The Morgan fingerprint density at radius 1 is 0.828 bits per heavy atom. The van der Waals surface area contributed by atoms with Crippen LogP contribution in [-0.2, 0) is 19.8 Å². The van der Waals surface area contributed by atoms with Gasteiger partial charge in [-0.3, -0.25) is 0 Å². The molecule has 0 aromatic heterocycles. The van der Waals surface area contributed by atoms with E-state index in [0.29, 0.717) is 12.5 Å². The largest absolute Gasteiger partial charge is 0.468 e. The third-order valence-electron chi connectivity index (χ3n) is 5.60. The number of aliphatic imine (C=N–C) groups is 1. The third-order valence-corrected chi connectivity index (χ3v) is 5.60. The van der Waals surface area contributed by atoms with Gasteiger partial charge >= 0.3 is 0 Å². The number of hydrogen-bond acceptors (Lipinski definition) is 4. The van der Waals surface area contributed by atoms with Gasteiger partial charge < -0.3 is 14.2 Å². The molecule has 0 amide bonds. The van der Waals surface area contributed by atoms with Crippen LogP contribution in [0.5, 0.6) is 0 Å². The van der Waals surface area contributed by atoms with Gasteiger partial charge in [0, 0.05) is 7.11 Å². The number of rotatable bonds is 6. The first-order chi connectivity index (χ1) is 14.3. The molecule has 146 valence electrons. The second-order valence-electron chi connectivity index (χ2n) is 7.40. The molecule has 1 saturated heterocycles. The van der Waals surface area contributed by atoms with Crippen LogP contribution in [-0.4, -0.2) is 31.8 Å². The van der Waals surface area contributed by atoms with E-state index in [4.69, 9.17) is 19.2 Å². The second-order valence-corrected chi connectivity index (χ2v) is 7.40. The van der Waals surface area contributed by atoms with Crippen LogP contribution in [0.1, 0.15) is 22.8 Å². The van der Waals surface area contributed by atoms with Crippen molar-refractivity contribution < 1.29 is 14.2 Å². The summed E-state index contributed by atoms with van der Waals surface area (Å²) in [5.74, 6) is 0.647. The number of epoxide rings is 1. The zero-order valence-electron chi connectivity index (χ0n) is 16.3. The molecule has 2 heterocycles. The van der Waals surface area contributed by atoms with Crippen LogP contribution >= 0.6 is 0 Å². The highest BCUT2D eigenvalue weighted by Gasteiger charge is 2.64. The number of methoxy groups -OCH3 is 1. The van der Waals surface area contributed by atoms with Crippen molar-refractivity contribution in [3.63, 3.8) is 0 Å². The van der Waals surface area contributed by atoms with Crippen LogP contribution in [0.4, 0.5) is 0 Å². The lowest BCUT2D eigenvalue weighted by Crippen LogP contribution is -2.22. The summed E-state index contributed by atoms with van der Waals surface area (Å²) < 4.78 is 18.2. The van der Waals surface area contributed by atoms with E-state index in [2.05, 4.69) is 36.4 Å². The van der Waals surface area contributed by atoms with Crippen LogP contribution < -0.4 is 0 Å². The Morgan fingerprint density at radius 2 is 1.38 bits per heavy atom. The topological polar surface area (TPSA) is 43.3 Å². The molecule has 0 bridgehead atoms. The lowest BCUT2D eigenvalue weighted by atomic mass is 9.88. The van der Waals surface area contributed by atoms with Gasteiger partial charge in [0.05, 0.1) is 6.61 Å². The molecule has 0 unspecified atom stereocenters. The van der Waals surface area contributed by atoms with Crippen molar-refractivity contribution in [2.24, 2.45) is 4.99 Å². The number of benzene rings is 3. The monoisotopic (exact) mass is 385 g/mol. The van der Waals surface area contributed by atoms with Gasteiger partial charge in [0.25, 0.3) is 0 Å². The van der Waals surface area contributed by atoms with Crippen LogP contribution in [0, 0.1) is 0 Å². The van der Waals surface area contributed by atoms with E-state index in [9.17, 15) is 0 Å². The molecule has 29 heavy (non-hydrogen) atoms. The maximum atomic E-state index is 6.38. The summed E-state index contributed by atoms with van der Waals surface area (Å²) in [6.45, 7) is 0.499. The van der Waals surface area contributed by atoms with Gasteiger partial charge in [-0.1, -0.05) is 91.0 Å². The average molecular weight is 385 g/mol. The van der Waals surface area contributed by atoms with Crippen molar-refractivity contribution in [3.05, 3.63) is 108 Å². The number of ether oxygens (including phenoxy) is 3. The smallest absolute Gasteiger partial charge is 0.218 e. The van der Waals surface area contributed by atoms with Crippen LogP contribution in [0.15, 0.2) is 96.0 Å². The molecule has 3 aromatic carbocycles. The maximum Gasteiger partial charge on any atom is 0.218 e. The zero-order valence-corrected chi connectivity index (χ0v) is 16.3. The Kier molecular flexibility index (Phi) is 4.66. The van der Waals surface area contributed by atoms with E-state index in [0.717, 1.165) is 16.7 Å². The van der Waals surface area contributed by atoms with E-state index in [1.807, 2.05) is 54.6 Å². The Hall–Kier alpha value is -2.95. The van der Waals surface area contributed by atoms with E-state index in [-0.39, 0.29) is 18.2 Å². The highest BCUT2D eigenvalue weighted by Crippen LogP contribution is 2.53. The van der Waals surface area contributed by atoms with Crippen molar-refractivity contribution in [3.8, 4) is 0 Å². The van der Waals surface area contributed by atoms with Gasteiger partial charge in [-0.05, 0) is 16.7 Å². The predicted molar refractivity (Wildman–Crippen MR) is 112 cm³/mol. The first-order valence-electron chi connectivity index (χ1n) is 9.90. The molecule has 1 fully saturated rings. The minimum Gasteiger partial charge on any atom is -0.468 e. The van der Waals surface area contributed by atoms with Crippen molar-refractivity contribution >= 4 is 5.90 Å². The highest BCUT2D eigenvalue weighted by molar-refractivity contribution is 5.88. The Bertz CT molecular complexity index is 949. The quantitative estimate of drug-likeness (QED) is 0.586. The van der Waals surface area contributed by atoms with Gasteiger partial charge in [0.1, 0.15) is 12.1 Å². The molecule has 3 atom stereocenters. The van der Waals surface area contributed by atoms with Crippen LogP contribution in [0.25, 0.3) is 0 Å². The van der Waals surface area contributed by atoms with Gasteiger partial charge in [-0.15, -0.1) is 0 Å². The zero-order chi connectivity index (χ0) is 19.7. The highest BCUT2D eigenvalue weighted by atomic mass is 16.6. The van der Waals surface area contributed by atoms with Gasteiger partial charge in [0.15, 0.2) is 11.7 Å². The molecule has 0 saturated carbocycles. The summed E-state index contributed by atoms with van der Waals surface area (Å²) in [7, 11) is 1.70. The van der Waals surface area contributed by atoms with Crippen molar-refractivity contribution in [1.82, 2.24) is 0 Å². The van der Waals surface area contributed by atoms with Gasteiger partial charge in [-0.2, -0.15) is 0 Å². The second kappa shape index (κ2) is 7.47. The van der Waals surface area contributed by atoms with E-state index in [1.54, 1.807) is 7.11 Å². The molecule has 2 aliphatic heterocycles. The fourth-order valence-corrected chi connectivity index (χ4v) is 4.18. The summed E-state index contributed by atoms with van der Waals surface area (Å²) in [5, 5.41) is 0. The average Bonchev–Trinajstić information content (AvgIpc) is 3.42. The first-order valence-corrected chi connectivity index (χ1v) is 9.90. The molecular weight excluding hydrogens is 362 g/mol. The molecule has 2 aliphatic rings. The molecule has 0 N–H and O–H groups in total. The standard InChI is InChI=1S/C25H23NO3/c1-27-17-21-22(18-11-5-2-6-12-18)28-24(26-21)23-25(29-23,19-13-7-3-8-14-19)20-15-9-4-10-16-20/h2-16,21-23H,17H2,1H3/t21-,22-,23+/m0/s1. The first kappa shape index (κ1) is 18.1. The van der Waals surface area contributed by atoms with Crippen LogP contribution in [0.3, 0.4) is 0 Å². The SMILES string of the molecule is COC[C@@H]1N=C([C@H]2OC2(c2ccccc2)c2ccccc2)O[C@H]1c1ccccc1. The molecule has 0 radical (unpaired) electrons.